The van der Waals surface area contributed by atoms with E-state index in [2.05, 4.69) is 5.32 Å². The van der Waals surface area contributed by atoms with Crippen LogP contribution < -0.4 is 9.62 Å². The lowest BCUT2D eigenvalue weighted by Crippen LogP contribution is -2.56. The minimum atomic E-state index is -4.26. The van der Waals surface area contributed by atoms with Gasteiger partial charge in [0.25, 0.3) is 10.0 Å². The molecule has 4 aromatic rings. The maximum absolute atomic E-state index is 15.0. The predicted molar refractivity (Wildman–Crippen MR) is 176 cm³/mol. The molecule has 0 unspecified atom stereocenters. The van der Waals surface area contributed by atoms with Gasteiger partial charge < -0.3 is 10.2 Å². The lowest BCUT2D eigenvalue weighted by atomic mass is 10.0. The number of aryl methyl sites for hydroxylation is 1. The Kier molecular flexibility index (Phi) is 10.7. The molecule has 45 heavy (non-hydrogen) atoms. The zero-order chi connectivity index (χ0) is 32.8. The Morgan fingerprint density at radius 2 is 1.47 bits per heavy atom. The third-order valence-electron chi connectivity index (χ3n) is 7.07. The minimum Gasteiger partial charge on any atom is -0.350 e. The van der Waals surface area contributed by atoms with Gasteiger partial charge in [-0.05, 0) is 75.7 Å². The number of sulfonamides is 1. The van der Waals surface area contributed by atoms with Crippen molar-refractivity contribution in [1.29, 1.82) is 0 Å². The molecule has 0 aliphatic rings. The third kappa shape index (κ3) is 8.93. The fourth-order valence-electron chi connectivity index (χ4n) is 4.79. The molecule has 0 heterocycles. The predicted octanol–water partition coefficient (Wildman–Crippen LogP) is 6.54. The van der Waals surface area contributed by atoms with Crippen LogP contribution in [0.4, 0.5) is 10.1 Å². The summed E-state index contributed by atoms with van der Waals surface area (Å²) in [6, 6.07) is 26.5. The molecule has 0 saturated carbocycles. The van der Waals surface area contributed by atoms with E-state index in [1.54, 1.807) is 18.2 Å². The van der Waals surface area contributed by atoms with Gasteiger partial charge in [-0.2, -0.15) is 0 Å². The molecule has 1 atom stereocenters. The van der Waals surface area contributed by atoms with E-state index in [9.17, 15) is 18.0 Å². The summed E-state index contributed by atoms with van der Waals surface area (Å²) in [5, 5.41) is 3.34. The van der Waals surface area contributed by atoms with Crippen molar-refractivity contribution in [2.45, 2.75) is 57.1 Å². The highest BCUT2D eigenvalue weighted by molar-refractivity contribution is 7.92. The number of carbonyl (C=O) groups excluding carboxylic acids is 2. The first kappa shape index (κ1) is 33.7. The smallest absolute Gasteiger partial charge is 0.264 e. The monoisotopic (exact) mass is 649 g/mol. The van der Waals surface area contributed by atoms with Crippen molar-refractivity contribution in [3.63, 3.8) is 0 Å². The molecule has 1 N–H and O–H groups in total. The number of nitrogens with one attached hydrogen (secondary N) is 1. The molecule has 2 amide bonds. The largest absolute Gasteiger partial charge is 0.350 e. The standard InChI is InChI=1S/C35H37ClFN3O4S/c1-25-14-20-30(21-15-25)45(43,44)40(29-18-16-28(36)17-19-29)24-33(41)39(23-27-12-8-9-13-31(27)37)32(34(42)38-35(2,3)4)22-26-10-6-5-7-11-26/h5-21,32H,22-24H2,1-4H3,(H,38,42)/t32-/m0/s1. The van der Waals surface area contributed by atoms with Crippen LogP contribution in [0.3, 0.4) is 0 Å². The summed E-state index contributed by atoms with van der Waals surface area (Å²) in [7, 11) is -4.26. The highest BCUT2D eigenvalue weighted by atomic mass is 35.5. The number of carbonyl (C=O) groups is 2. The maximum Gasteiger partial charge on any atom is 0.264 e. The number of halogens is 2. The van der Waals surface area contributed by atoms with E-state index in [0.29, 0.717) is 5.02 Å². The molecule has 7 nitrogen and oxygen atoms in total. The molecule has 0 fully saturated rings. The average Bonchev–Trinajstić information content (AvgIpc) is 2.99. The number of rotatable bonds is 11. The van der Waals surface area contributed by atoms with Gasteiger partial charge in [-0.15, -0.1) is 0 Å². The molecular formula is C35H37ClFN3O4S. The van der Waals surface area contributed by atoms with Crippen LogP contribution in [-0.2, 0) is 32.6 Å². The zero-order valence-corrected chi connectivity index (χ0v) is 27.3. The SMILES string of the molecule is Cc1ccc(S(=O)(=O)N(CC(=O)N(Cc2ccccc2F)[C@@H](Cc2ccccc2)C(=O)NC(C)(C)C)c2ccc(Cl)cc2)cc1. The van der Waals surface area contributed by atoms with Crippen molar-refractivity contribution in [3.05, 3.63) is 131 Å². The van der Waals surface area contributed by atoms with Crippen molar-refractivity contribution >= 4 is 39.1 Å². The number of anilines is 1. The third-order valence-corrected chi connectivity index (χ3v) is 9.11. The molecule has 10 heteroatoms. The van der Waals surface area contributed by atoms with Crippen LogP contribution in [0.25, 0.3) is 0 Å². The van der Waals surface area contributed by atoms with Gasteiger partial charge in [-0.3, -0.25) is 13.9 Å². The van der Waals surface area contributed by atoms with E-state index < -0.39 is 45.8 Å². The van der Waals surface area contributed by atoms with Crippen LogP contribution in [0, 0.1) is 12.7 Å². The molecule has 236 valence electrons. The van der Waals surface area contributed by atoms with Crippen molar-refractivity contribution in [2.24, 2.45) is 0 Å². The fourth-order valence-corrected chi connectivity index (χ4v) is 6.33. The van der Waals surface area contributed by atoms with E-state index in [0.717, 1.165) is 15.4 Å². The first-order valence-electron chi connectivity index (χ1n) is 14.5. The Morgan fingerprint density at radius 3 is 2.07 bits per heavy atom. The number of amides is 2. The topological polar surface area (TPSA) is 86.8 Å². The van der Waals surface area contributed by atoms with Crippen LogP contribution >= 0.6 is 11.6 Å². The van der Waals surface area contributed by atoms with Crippen molar-refractivity contribution in [3.8, 4) is 0 Å². The molecule has 0 spiro atoms. The van der Waals surface area contributed by atoms with E-state index >= 15 is 4.39 Å². The van der Waals surface area contributed by atoms with Gasteiger partial charge in [0.1, 0.15) is 18.4 Å². The van der Waals surface area contributed by atoms with Crippen LogP contribution in [0.2, 0.25) is 5.02 Å². The molecule has 0 radical (unpaired) electrons. The van der Waals surface area contributed by atoms with E-state index in [4.69, 9.17) is 11.6 Å². The van der Waals surface area contributed by atoms with Crippen LogP contribution in [0.15, 0.2) is 108 Å². The normalized spacial score (nSPS) is 12.3. The minimum absolute atomic E-state index is 0.0113. The highest BCUT2D eigenvalue weighted by Crippen LogP contribution is 2.27. The van der Waals surface area contributed by atoms with Crippen molar-refractivity contribution < 1.29 is 22.4 Å². The Hall–Kier alpha value is -4.21. The van der Waals surface area contributed by atoms with E-state index in [1.165, 1.54) is 59.5 Å². The lowest BCUT2D eigenvalue weighted by molar-refractivity contribution is -0.140. The van der Waals surface area contributed by atoms with Gasteiger partial charge in [0.15, 0.2) is 0 Å². The number of benzene rings is 4. The van der Waals surface area contributed by atoms with Gasteiger partial charge in [-0.1, -0.05) is 77.8 Å². The van der Waals surface area contributed by atoms with Crippen LogP contribution in [-0.4, -0.2) is 43.3 Å². The fraction of sp³-hybridized carbons (Fsp3) is 0.257. The highest BCUT2D eigenvalue weighted by Gasteiger charge is 2.36. The summed E-state index contributed by atoms with van der Waals surface area (Å²) in [5.74, 6) is -1.68. The molecule has 0 aliphatic heterocycles. The zero-order valence-electron chi connectivity index (χ0n) is 25.7. The molecule has 4 aromatic carbocycles. The van der Waals surface area contributed by atoms with Crippen molar-refractivity contribution in [1.82, 2.24) is 10.2 Å². The molecule has 0 aliphatic carbocycles. The Labute approximate surface area is 269 Å². The molecule has 0 aromatic heterocycles. The van der Waals surface area contributed by atoms with E-state index in [1.807, 2.05) is 58.0 Å². The number of hydrogen-bond donors (Lipinski definition) is 1. The molecule has 0 bridgehead atoms. The second-order valence-electron chi connectivity index (χ2n) is 11.9. The van der Waals surface area contributed by atoms with E-state index in [-0.39, 0.29) is 29.1 Å². The average molecular weight is 650 g/mol. The molecule has 4 rings (SSSR count). The summed E-state index contributed by atoms with van der Waals surface area (Å²) in [6.45, 7) is 6.39. The second kappa shape index (κ2) is 14.3. The summed E-state index contributed by atoms with van der Waals surface area (Å²) >= 11 is 6.11. The van der Waals surface area contributed by atoms with Gasteiger partial charge >= 0.3 is 0 Å². The maximum atomic E-state index is 15.0. The molecular weight excluding hydrogens is 613 g/mol. The Morgan fingerprint density at radius 1 is 0.867 bits per heavy atom. The number of hydrogen-bond acceptors (Lipinski definition) is 4. The quantitative estimate of drug-likeness (QED) is 0.200. The second-order valence-corrected chi connectivity index (χ2v) is 14.2. The Bertz CT molecular complexity index is 1730. The van der Waals surface area contributed by atoms with Crippen LogP contribution in [0.1, 0.15) is 37.5 Å². The van der Waals surface area contributed by atoms with Crippen molar-refractivity contribution in [2.75, 3.05) is 10.8 Å². The number of nitrogens with zero attached hydrogens (tertiary/aromatic N) is 2. The first-order valence-corrected chi connectivity index (χ1v) is 16.3. The summed E-state index contributed by atoms with van der Waals surface area (Å²) in [4.78, 5) is 29.6. The summed E-state index contributed by atoms with van der Waals surface area (Å²) in [5.41, 5.74) is 1.40. The van der Waals surface area contributed by atoms with Gasteiger partial charge in [-0.25, -0.2) is 12.8 Å². The van der Waals surface area contributed by atoms with Gasteiger partial charge in [0.2, 0.25) is 11.8 Å². The lowest BCUT2D eigenvalue weighted by Gasteiger charge is -2.35. The van der Waals surface area contributed by atoms with Gasteiger partial charge in [0, 0.05) is 29.1 Å². The van der Waals surface area contributed by atoms with Gasteiger partial charge in [0.05, 0.1) is 10.6 Å². The first-order chi connectivity index (χ1) is 21.2. The molecule has 0 saturated heterocycles. The summed E-state index contributed by atoms with van der Waals surface area (Å²) in [6.07, 6.45) is 0.120. The van der Waals surface area contributed by atoms with Crippen LogP contribution in [0.5, 0.6) is 0 Å². The Balaban J connectivity index is 1.82. The summed E-state index contributed by atoms with van der Waals surface area (Å²) < 4.78 is 44.1.